The second kappa shape index (κ2) is 10.1. The van der Waals surface area contributed by atoms with Crippen molar-refractivity contribution in [3.8, 4) is 22.3 Å². The summed E-state index contributed by atoms with van der Waals surface area (Å²) < 4.78 is 15.7. The van der Waals surface area contributed by atoms with Crippen LogP contribution in [0, 0.1) is 0 Å². The monoisotopic (exact) mass is 666 g/mol. The van der Waals surface area contributed by atoms with Crippen LogP contribution in [0.3, 0.4) is 0 Å². The van der Waals surface area contributed by atoms with Crippen LogP contribution in [-0.2, 0) is 0 Å². The fourth-order valence-electron chi connectivity index (χ4n) is 8.63. The van der Waals surface area contributed by atoms with Gasteiger partial charge in [-0.2, -0.15) is 0 Å². The summed E-state index contributed by atoms with van der Waals surface area (Å²) in [4.78, 5) is 0. The predicted octanol–water partition coefficient (Wildman–Crippen LogP) is 14.6. The fraction of sp³-hybridized carbons (Fsp3) is 0. The second-order valence-corrected chi connectivity index (χ2v) is 14.6. The van der Waals surface area contributed by atoms with Gasteiger partial charge in [-0.05, 0) is 91.6 Å². The highest BCUT2D eigenvalue weighted by molar-refractivity contribution is 7.25. The predicted molar refractivity (Wildman–Crippen MR) is 217 cm³/mol. The van der Waals surface area contributed by atoms with Gasteiger partial charge >= 0.3 is 0 Å². The van der Waals surface area contributed by atoms with Crippen molar-refractivity contribution in [2.24, 2.45) is 0 Å². The Morgan fingerprint density at radius 1 is 0.314 bits per heavy atom. The molecule has 236 valence electrons. The molecule has 0 aliphatic carbocycles. The first-order valence-electron chi connectivity index (χ1n) is 17.3. The molecule has 0 bridgehead atoms. The number of fused-ring (bicyclic) bond motifs is 13. The van der Waals surface area contributed by atoms with Crippen LogP contribution in [0.2, 0.25) is 0 Å². The Hall–Kier alpha value is -6.42. The van der Waals surface area contributed by atoms with Crippen LogP contribution < -0.4 is 0 Å². The van der Waals surface area contributed by atoms with Gasteiger partial charge < -0.3 is 8.83 Å². The quantitative estimate of drug-likeness (QED) is 0.172. The molecule has 0 saturated carbocycles. The highest BCUT2D eigenvalue weighted by Crippen LogP contribution is 2.49. The Balaban J connectivity index is 1.24. The lowest BCUT2D eigenvalue weighted by Crippen LogP contribution is -1.92. The topological polar surface area (TPSA) is 26.3 Å². The van der Waals surface area contributed by atoms with E-state index in [4.69, 9.17) is 8.83 Å². The summed E-state index contributed by atoms with van der Waals surface area (Å²) in [5, 5.41) is 14.2. The maximum Gasteiger partial charge on any atom is 0.143 e. The van der Waals surface area contributed by atoms with Gasteiger partial charge in [0.25, 0.3) is 0 Å². The van der Waals surface area contributed by atoms with Gasteiger partial charge in [-0.15, -0.1) is 11.3 Å². The minimum atomic E-state index is 0.865. The molecule has 3 heteroatoms. The molecule has 0 aliphatic rings. The molecular weight excluding hydrogens is 641 g/mol. The van der Waals surface area contributed by atoms with Crippen molar-refractivity contribution in [2.75, 3.05) is 0 Å². The van der Waals surface area contributed by atoms with Gasteiger partial charge in [0.05, 0.1) is 0 Å². The number of benzene rings is 9. The molecule has 0 amide bonds. The van der Waals surface area contributed by atoms with Crippen molar-refractivity contribution in [3.63, 3.8) is 0 Å². The Labute approximate surface area is 295 Å². The Morgan fingerprint density at radius 3 is 1.59 bits per heavy atom. The Morgan fingerprint density at radius 2 is 0.863 bits per heavy atom. The van der Waals surface area contributed by atoms with E-state index in [0.717, 1.165) is 54.6 Å². The third-order valence-electron chi connectivity index (χ3n) is 10.8. The number of para-hydroxylation sites is 2. The number of hydrogen-bond acceptors (Lipinski definition) is 3. The highest BCUT2D eigenvalue weighted by atomic mass is 32.1. The standard InChI is InChI=1S/C48H26O2S/c1-3-16-34-32(14-1)46(27-21-22-31-30-13-7-10-20-44(30)51-45(31)23-27)33-15-2-4-17-35(33)47(34)38-25-39-29-12-6-9-19-42(29)50-48(39)40-26-43-37(24-36(38)40)28-11-5-8-18-41(28)49-43/h1-26H. The van der Waals surface area contributed by atoms with E-state index >= 15 is 0 Å². The molecule has 3 heterocycles. The molecule has 0 fully saturated rings. The van der Waals surface area contributed by atoms with E-state index in [2.05, 4.69) is 140 Å². The van der Waals surface area contributed by atoms with E-state index < -0.39 is 0 Å². The zero-order valence-corrected chi connectivity index (χ0v) is 28.1. The normalized spacial score (nSPS) is 12.3. The average Bonchev–Trinajstić information content (AvgIpc) is 3.86. The van der Waals surface area contributed by atoms with E-state index in [9.17, 15) is 0 Å². The van der Waals surface area contributed by atoms with Crippen LogP contribution in [0.1, 0.15) is 0 Å². The zero-order valence-electron chi connectivity index (χ0n) is 27.2. The first kappa shape index (κ1) is 27.4. The lowest BCUT2D eigenvalue weighted by Gasteiger charge is -2.19. The van der Waals surface area contributed by atoms with E-state index in [-0.39, 0.29) is 0 Å². The van der Waals surface area contributed by atoms with Gasteiger partial charge in [0, 0.05) is 47.1 Å². The third-order valence-corrected chi connectivity index (χ3v) is 12.0. The summed E-state index contributed by atoms with van der Waals surface area (Å²) in [6.07, 6.45) is 0. The minimum absolute atomic E-state index is 0.865. The van der Waals surface area contributed by atoms with Crippen molar-refractivity contribution >= 4 is 108 Å². The van der Waals surface area contributed by atoms with E-state index in [1.54, 1.807) is 0 Å². The molecule has 3 aromatic heterocycles. The molecular formula is C48H26O2S. The molecule has 0 N–H and O–H groups in total. The summed E-state index contributed by atoms with van der Waals surface area (Å²) in [5.41, 5.74) is 8.46. The maximum atomic E-state index is 6.65. The summed E-state index contributed by atoms with van der Waals surface area (Å²) in [5.74, 6) is 0. The molecule has 0 atom stereocenters. The van der Waals surface area contributed by atoms with Crippen molar-refractivity contribution in [2.45, 2.75) is 0 Å². The lowest BCUT2D eigenvalue weighted by molar-refractivity contribution is 0.667. The number of thiophene rings is 1. The van der Waals surface area contributed by atoms with Gasteiger partial charge in [0.1, 0.15) is 22.3 Å². The van der Waals surface area contributed by atoms with Crippen molar-refractivity contribution < 1.29 is 8.83 Å². The summed E-state index contributed by atoms with van der Waals surface area (Å²) in [6, 6.07) is 57.2. The third kappa shape index (κ3) is 3.76. The van der Waals surface area contributed by atoms with Gasteiger partial charge in [-0.25, -0.2) is 0 Å². The molecule has 0 unspecified atom stereocenters. The van der Waals surface area contributed by atoms with Crippen molar-refractivity contribution in [3.05, 3.63) is 158 Å². The van der Waals surface area contributed by atoms with Crippen LogP contribution in [0.25, 0.3) is 119 Å². The van der Waals surface area contributed by atoms with Crippen LogP contribution in [0.15, 0.2) is 167 Å². The van der Waals surface area contributed by atoms with Crippen LogP contribution in [0.5, 0.6) is 0 Å². The van der Waals surface area contributed by atoms with Crippen molar-refractivity contribution in [1.82, 2.24) is 0 Å². The SMILES string of the molecule is c1ccc2c(c1)oc1cc3c(cc12)c(-c1c2ccccc2c(-c2ccc4c(c2)sc2ccccc24)c2ccccc12)cc1c2ccccc2oc31. The number of rotatable bonds is 2. The molecule has 0 radical (unpaired) electrons. The first-order valence-corrected chi connectivity index (χ1v) is 18.1. The molecule has 0 aliphatic heterocycles. The second-order valence-electron chi connectivity index (χ2n) is 13.5. The maximum absolute atomic E-state index is 6.65. The molecule has 9 aromatic carbocycles. The molecule has 0 spiro atoms. The molecule has 0 saturated heterocycles. The van der Waals surface area contributed by atoms with E-state index in [1.807, 2.05) is 29.5 Å². The van der Waals surface area contributed by atoms with Crippen LogP contribution in [0.4, 0.5) is 0 Å². The van der Waals surface area contributed by atoms with Gasteiger partial charge in [0.15, 0.2) is 0 Å². The van der Waals surface area contributed by atoms with Gasteiger partial charge in [-0.1, -0.05) is 115 Å². The molecule has 12 rings (SSSR count). The van der Waals surface area contributed by atoms with Crippen LogP contribution >= 0.6 is 11.3 Å². The number of furan rings is 2. The van der Waals surface area contributed by atoms with Gasteiger partial charge in [-0.3, -0.25) is 0 Å². The van der Waals surface area contributed by atoms with Crippen LogP contribution in [-0.4, -0.2) is 0 Å². The summed E-state index contributed by atoms with van der Waals surface area (Å²) in [7, 11) is 0. The molecule has 12 aromatic rings. The number of hydrogen-bond donors (Lipinski definition) is 0. The molecule has 51 heavy (non-hydrogen) atoms. The van der Waals surface area contributed by atoms with Gasteiger partial charge in [0.2, 0.25) is 0 Å². The minimum Gasteiger partial charge on any atom is -0.456 e. The Bertz CT molecular complexity index is 3370. The largest absolute Gasteiger partial charge is 0.456 e. The van der Waals surface area contributed by atoms with Crippen molar-refractivity contribution in [1.29, 1.82) is 0 Å². The lowest BCUT2D eigenvalue weighted by atomic mass is 9.84. The average molecular weight is 667 g/mol. The van der Waals surface area contributed by atoms with E-state index in [0.29, 0.717) is 0 Å². The molecule has 2 nitrogen and oxygen atoms in total. The fourth-order valence-corrected chi connectivity index (χ4v) is 9.78. The zero-order chi connectivity index (χ0) is 33.2. The highest BCUT2D eigenvalue weighted by Gasteiger charge is 2.22. The first-order chi connectivity index (χ1) is 25.3. The summed E-state index contributed by atoms with van der Waals surface area (Å²) in [6.45, 7) is 0. The Kier molecular flexibility index (Phi) is 5.41. The van der Waals surface area contributed by atoms with E-state index in [1.165, 1.54) is 64.0 Å². The smallest absolute Gasteiger partial charge is 0.143 e. The summed E-state index contributed by atoms with van der Waals surface area (Å²) >= 11 is 1.87.